The number of nitrogens with zero attached hydrogens (tertiary/aromatic N) is 1. The molecule has 0 N–H and O–H groups in total. The van der Waals surface area contributed by atoms with E-state index in [1.807, 2.05) is 0 Å². The zero-order valence-electron chi connectivity index (χ0n) is 13.3. The number of rotatable bonds is 6. The van der Waals surface area contributed by atoms with Crippen molar-refractivity contribution in [3.8, 4) is 0 Å². The van der Waals surface area contributed by atoms with Crippen LogP contribution in [0.1, 0.15) is 17.3 Å². The van der Waals surface area contributed by atoms with E-state index < -0.39 is 11.9 Å². The van der Waals surface area contributed by atoms with E-state index in [1.165, 1.54) is 34.9 Å². The van der Waals surface area contributed by atoms with Crippen LogP contribution >= 0.6 is 35.0 Å². The summed E-state index contributed by atoms with van der Waals surface area (Å²) in [6.45, 7) is 2.00. The second-order valence-corrected chi connectivity index (χ2v) is 6.61. The van der Waals surface area contributed by atoms with Crippen molar-refractivity contribution in [1.82, 2.24) is 4.90 Å². The molecule has 1 amide bonds. The number of amides is 1. The minimum absolute atomic E-state index is 0.0626. The molecule has 1 heterocycles. The van der Waals surface area contributed by atoms with Crippen LogP contribution in [0, 0.1) is 0 Å². The molecule has 1 aliphatic heterocycles. The van der Waals surface area contributed by atoms with Gasteiger partial charge in [-0.1, -0.05) is 41.0 Å². The monoisotopic (exact) mass is 403 g/mol. The van der Waals surface area contributed by atoms with E-state index in [2.05, 4.69) is 0 Å². The number of benzene rings is 1. The second kappa shape index (κ2) is 9.12. The Morgan fingerprint density at radius 1 is 1.28 bits per heavy atom. The van der Waals surface area contributed by atoms with Crippen LogP contribution in [0.15, 0.2) is 29.3 Å². The molecule has 0 atom stereocenters. The molecule has 0 unspecified atom stereocenters. The highest BCUT2D eigenvalue weighted by atomic mass is 35.5. The topological polar surface area (TPSA) is 72.9 Å². The number of ether oxygens (including phenoxy) is 2. The lowest BCUT2D eigenvalue weighted by Crippen LogP contribution is -2.29. The van der Waals surface area contributed by atoms with Gasteiger partial charge in [0, 0.05) is 0 Å². The first-order chi connectivity index (χ1) is 11.9. The van der Waals surface area contributed by atoms with Gasteiger partial charge in [-0.2, -0.15) is 0 Å². The Kier molecular flexibility index (Phi) is 7.16. The molecule has 0 radical (unpaired) electrons. The minimum Gasteiger partial charge on any atom is -0.463 e. The number of hydrogen-bond acceptors (Lipinski definition) is 6. The molecule has 134 valence electrons. The SMILES string of the molecule is CCOC(=O)/C=C1\SCC(=O)N1CCOC(=O)c1c(Cl)cccc1Cl. The van der Waals surface area contributed by atoms with Gasteiger partial charge in [0.1, 0.15) is 6.61 Å². The molecule has 0 spiro atoms. The van der Waals surface area contributed by atoms with Gasteiger partial charge in [-0.05, 0) is 19.1 Å². The summed E-state index contributed by atoms with van der Waals surface area (Å²) in [6, 6.07) is 4.68. The second-order valence-electron chi connectivity index (χ2n) is 4.80. The third-order valence-electron chi connectivity index (χ3n) is 3.15. The van der Waals surface area contributed by atoms with Crippen molar-refractivity contribution in [3.05, 3.63) is 44.9 Å². The quantitative estimate of drug-likeness (QED) is 0.536. The first kappa shape index (κ1) is 19.6. The molecule has 0 aliphatic carbocycles. The molecule has 1 aromatic rings. The van der Waals surface area contributed by atoms with Crippen molar-refractivity contribution in [2.24, 2.45) is 0 Å². The molecule has 1 fully saturated rings. The van der Waals surface area contributed by atoms with Gasteiger partial charge in [0.05, 0.1) is 45.6 Å². The van der Waals surface area contributed by atoms with E-state index in [1.54, 1.807) is 13.0 Å². The Morgan fingerprint density at radius 2 is 1.96 bits per heavy atom. The zero-order chi connectivity index (χ0) is 18.4. The molecule has 0 saturated carbocycles. The van der Waals surface area contributed by atoms with Crippen LogP contribution in [0.2, 0.25) is 10.0 Å². The Hall–Kier alpha value is -1.70. The maximum Gasteiger partial charge on any atom is 0.341 e. The summed E-state index contributed by atoms with van der Waals surface area (Å²) in [5.74, 6) is -1.15. The van der Waals surface area contributed by atoms with Gasteiger partial charge in [-0.25, -0.2) is 9.59 Å². The van der Waals surface area contributed by atoms with Crippen LogP contribution in [-0.2, 0) is 19.1 Å². The first-order valence-corrected chi connectivity index (χ1v) is 9.11. The number of carbonyl (C=O) groups excluding carboxylic acids is 3. The molecule has 2 rings (SSSR count). The summed E-state index contributed by atoms with van der Waals surface area (Å²) in [4.78, 5) is 36.9. The average Bonchev–Trinajstić information content (AvgIpc) is 2.88. The lowest BCUT2D eigenvalue weighted by molar-refractivity contribution is -0.137. The van der Waals surface area contributed by atoms with E-state index in [9.17, 15) is 14.4 Å². The maximum atomic E-state index is 12.1. The number of thioether (sulfide) groups is 1. The molecular formula is C16H15Cl2NO5S. The highest BCUT2D eigenvalue weighted by Gasteiger charge is 2.27. The van der Waals surface area contributed by atoms with E-state index in [0.717, 1.165) is 0 Å². The number of esters is 2. The number of carbonyl (C=O) groups is 3. The Morgan fingerprint density at radius 3 is 2.60 bits per heavy atom. The Bertz CT molecular complexity index is 702. The molecule has 25 heavy (non-hydrogen) atoms. The van der Waals surface area contributed by atoms with E-state index >= 15 is 0 Å². The van der Waals surface area contributed by atoms with Crippen LogP contribution in [-0.4, -0.2) is 48.3 Å². The third kappa shape index (κ3) is 5.14. The lowest BCUT2D eigenvalue weighted by Gasteiger charge is -2.17. The molecule has 6 nitrogen and oxygen atoms in total. The van der Waals surface area contributed by atoms with Crippen LogP contribution in [0.3, 0.4) is 0 Å². The van der Waals surface area contributed by atoms with E-state index in [4.69, 9.17) is 32.7 Å². The molecule has 0 aromatic heterocycles. The van der Waals surface area contributed by atoms with Gasteiger partial charge in [0.2, 0.25) is 5.91 Å². The van der Waals surface area contributed by atoms with Crippen molar-refractivity contribution in [1.29, 1.82) is 0 Å². The van der Waals surface area contributed by atoms with Crippen LogP contribution < -0.4 is 0 Å². The molecule has 1 aliphatic rings. The van der Waals surface area contributed by atoms with E-state index in [-0.39, 0.29) is 47.0 Å². The molecule has 1 aromatic carbocycles. The third-order valence-corrected chi connectivity index (χ3v) is 4.81. The fraction of sp³-hybridized carbons (Fsp3) is 0.312. The summed E-state index contributed by atoms with van der Waals surface area (Å²) in [5, 5.41) is 0.844. The zero-order valence-corrected chi connectivity index (χ0v) is 15.6. The van der Waals surface area contributed by atoms with Crippen molar-refractivity contribution < 1.29 is 23.9 Å². The largest absolute Gasteiger partial charge is 0.463 e. The predicted molar refractivity (Wildman–Crippen MR) is 95.6 cm³/mol. The Labute approximate surface area is 159 Å². The standard InChI is InChI=1S/C16H15Cl2NO5S/c1-2-23-14(21)8-13-19(12(20)9-25-13)6-7-24-16(22)15-10(17)4-3-5-11(15)18/h3-5,8H,2,6-7,9H2,1H3/b13-8-. The summed E-state index contributed by atoms with van der Waals surface area (Å²) in [6.07, 6.45) is 1.26. The fourth-order valence-electron chi connectivity index (χ4n) is 2.05. The smallest absolute Gasteiger partial charge is 0.341 e. The van der Waals surface area contributed by atoms with Crippen LogP contribution in [0.25, 0.3) is 0 Å². The Balaban J connectivity index is 1.96. The van der Waals surface area contributed by atoms with Gasteiger partial charge in [-0.15, -0.1) is 0 Å². The number of hydrogen-bond donors (Lipinski definition) is 0. The molecular weight excluding hydrogens is 389 g/mol. The minimum atomic E-state index is -0.675. The first-order valence-electron chi connectivity index (χ1n) is 7.36. The van der Waals surface area contributed by atoms with Crippen molar-refractivity contribution in [2.75, 3.05) is 25.5 Å². The van der Waals surface area contributed by atoms with Crippen molar-refractivity contribution >= 4 is 52.8 Å². The molecule has 0 bridgehead atoms. The summed E-state index contributed by atoms with van der Waals surface area (Å²) in [5.41, 5.74) is 0.0789. The van der Waals surface area contributed by atoms with E-state index in [0.29, 0.717) is 5.03 Å². The summed E-state index contributed by atoms with van der Waals surface area (Å²) >= 11 is 13.1. The van der Waals surface area contributed by atoms with Crippen LogP contribution in [0.4, 0.5) is 0 Å². The predicted octanol–water partition coefficient (Wildman–Crippen LogP) is 3.13. The average molecular weight is 404 g/mol. The lowest BCUT2D eigenvalue weighted by atomic mass is 10.2. The van der Waals surface area contributed by atoms with Crippen LogP contribution in [0.5, 0.6) is 0 Å². The van der Waals surface area contributed by atoms with Crippen molar-refractivity contribution in [2.45, 2.75) is 6.92 Å². The highest BCUT2D eigenvalue weighted by molar-refractivity contribution is 8.04. The highest BCUT2D eigenvalue weighted by Crippen LogP contribution is 2.29. The van der Waals surface area contributed by atoms with Gasteiger partial charge in [-0.3, -0.25) is 4.79 Å². The van der Waals surface area contributed by atoms with Gasteiger partial charge in [0.25, 0.3) is 0 Å². The van der Waals surface area contributed by atoms with Gasteiger partial charge in [0.15, 0.2) is 0 Å². The van der Waals surface area contributed by atoms with Gasteiger partial charge >= 0.3 is 11.9 Å². The number of halogens is 2. The molecule has 9 heteroatoms. The summed E-state index contributed by atoms with van der Waals surface area (Å²) in [7, 11) is 0. The maximum absolute atomic E-state index is 12.1. The van der Waals surface area contributed by atoms with Gasteiger partial charge < -0.3 is 14.4 Å². The molecule has 1 saturated heterocycles. The summed E-state index contributed by atoms with van der Waals surface area (Å²) < 4.78 is 9.98. The van der Waals surface area contributed by atoms with Crippen molar-refractivity contribution in [3.63, 3.8) is 0 Å². The normalized spacial score (nSPS) is 15.6. The fourth-order valence-corrected chi connectivity index (χ4v) is 3.56.